The summed E-state index contributed by atoms with van der Waals surface area (Å²) in [7, 11) is 2.19. The Hall–Kier alpha value is -0.120. The molecule has 1 fully saturated rings. The molecule has 0 aliphatic carbocycles. The number of rotatable bonds is 8. The Morgan fingerprint density at radius 3 is 2.69 bits per heavy atom. The van der Waals surface area contributed by atoms with E-state index in [2.05, 4.69) is 31.1 Å². The summed E-state index contributed by atoms with van der Waals surface area (Å²) in [6.07, 6.45) is 5.42. The van der Waals surface area contributed by atoms with Crippen LogP contribution < -0.4 is 5.32 Å². The molecule has 1 unspecified atom stereocenters. The maximum atomic E-state index is 5.63. The summed E-state index contributed by atoms with van der Waals surface area (Å²) in [6, 6.07) is 0.691. The first-order valence-electron chi connectivity index (χ1n) is 6.79. The zero-order chi connectivity index (χ0) is 11.8. The first-order chi connectivity index (χ1) is 7.76. The summed E-state index contributed by atoms with van der Waals surface area (Å²) < 4.78 is 5.63. The van der Waals surface area contributed by atoms with Crippen LogP contribution in [0.2, 0.25) is 0 Å². The van der Waals surface area contributed by atoms with Gasteiger partial charge in [-0.15, -0.1) is 0 Å². The van der Waals surface area contributed by atoms with E-state index in [-0.39, 0.29) is 0 Å². The second-order valence-electron chi connectivity index (χ2n) is 4.86. The van der Waals surface area contributed by atoms with E-state index in [0.29, 0.717) is 12.1 Å². The molecule has 0 radical (unpaired) electrons. The molecular weight excluding hydrogens is 200 g/mol. The van der Waals surface area contributed by atoms with E-state index in [1.54, 1.807) is 0 Å². The zero-order valence-corrected chi connectivity index (χ0v) is 11.2. The quantitative estimate of drug-likeness (QED) is 0.686. The minimum atomic E-state index is 0.484. The lowest BCUT2D eigenvalue weighted by atomic mass is 10.2. The Kier molecular flexibility index (Phi) is 7.01. The Labute approximate surface area is 101 Å². The van der Waals surface area contributed by atoms with Crippen LogP contribution in [0.3, 0.4) is 0 Å². The standard InChI is InChI=1S/C13H28N2O/c1-4-12(5-2)14-8-9-15(3)11-13-7-6-10-16-13/h12-14H,4-11H2,1-3H3. The summed E-state index contributed by atoms with van der Waals surface area (Å²) in [6.45, 7) is 8.76. The molecule has 3 heteroatoms. The van der Waals surface area contributed by atoms with Crippen LogP contribution in [-0.4, -0.2) is 50.3 Å². The lowest BCUT2D eigenvalue weighted by Gasteiger charge is -2.22. The fourth-order valence-electron chi connectivity index (χ4n) is 2.26. The van der Waals surface area contributed by atoms with Crippen LogP contribution in [0.25, 0.3) is 0 Å². The van der Waals surface area contributed by atoms with Crippen LogP contribution in [0.5, 0.6) is 0 Å². The van der Waals surface area contributed by atoms with Crippen molar-refractivity contribution in [3.05, 3.63) is 0 Å². The number of hydrogen-bond donors (Lipinski definition) is 1. The van der Waals surface area contributed by atoms with Crippen molar-refractivity contribution in [3.8, 4) is 0 Å². The molecule has 0 aromatic heterocycles. The minimum absolute atomic E-state index is 0.484. The van der Waals surface area contributed by atoms with Gasteiger partial charge in [0.25, 0.3) is 0 Å². The van der Waals surface area contributed by atoms with Gasteiger partial charge in [0.05, 0.1) is 6.10 Å². The molecule has 1 atom stereocenters. The van der Waals surface area contributed by atoms with Crippen molar-refractivity contribution in [2.24, 2.45) is 0 Å². The monoisotopic (exact) mass is 228 g/mol. The predicted octanol–water partition coefficient (Wildman–Crippen LogP) is 1.88. The van der Waals surface area contributed by atoms with Gasteiger partial charge in [0.15, 0.2) is 0 Å². The molecule has 1 heterocycles. The minimum Gasteiger partial charge on any atom is -0.377 e. The summed E-state index contributed by atoms with van der Waals surface area (Å²) in [5.41, 5.74) is 0. The first kappa shape index (κ1) is 13.9. The average molecular weight is 228 g/mol. The summed E-state index contributed by atoms with van der Waals surface area (Å²) >= 11 is 0. The summed E-state index contributed by atoms with van der Waals surface area (Å²) in [5, 5.41) is 3.59. The van der Waals surface area contributed by atoms with Gasteiger partial charge in [-0.1, -0.05) is 13.8 Å². The Bertz CT molecular complexity index is 165. The van der Waals surface area contributed by atoms with Gasteiger partial charge < -0.3 is 15.0 Å². The van der Waals surface area contributed by atoms with E-state index in [1.807, 2.05) is 0 Å². The van der Waals surface area contributed by atoms with Gasteiger partial charge in [-0.3, -0.25) is 0 Å². The molecule has 0 spiro atoms. The van der Waals surface area contributed by atoms with E-state index in [0.717, 1.165) is 26.2 Å². The van der Waals surface area contributed by atoms with Gasteiger partial charge >= 0.3 is 0 Å². The summed E-state index contributed by atoms with van der Waals surface area (Å²) in [4.78, 5) is 2.38. The van der Waals surface area contributed by atoms with E-state index in [4.69, 9.17) is 4.74 Å². The Balaban J connectivity index is 2.02. The molecule has 16 heavy (non-hydrogen) atoms. The summed E-state index contributed by atoms with van der Waals surface area (Å²) in [5.74, 6) is 0. The topological polar surface area (TPSA) is 24.5 Å². The smallest absolute Gasteiger partial charge is 0.0702 e. The maximum absolute atomic E-state index is 5.63. The second kappa shape index (κ2) is 8.04. The highest BCUT2D eigenvalue weighted by atomic mass is 16.5. The van der Waals surface area contributed by atoms with Crippen LogP contribution in [0.1, 0.15) is 39.5 Å². The second-order valence-corrected chi connectivity index (χ2v) is 4.86. The number of hydrogen-bond acceptors (Lipinski definition) is 3. The molecule has 0 aromatic rings. The van der Waals surface area contributed by atoms with E-state index in [9.17, 15) is 0 Å². The molecule has 1 aliphatic rings. The van der Waals surface area contributed by atoms with Gasteiger partial charge in [-0.25, -0.2) is 0 Å². The molecular formula is C13H28N2O. The number of nitrogens with one attached hydrogen (secondary N) is 1. The normalized spacial score (nSPS) is 21.2. The SMILES string of the molecule is CCC(CC)NCCN(C)CC1CCCO1. The van der Waals surface area contributed by atoms with Gasteiger partial charge in [0, 0.05) is 32.3 Å². The highest BCUT2D eigenvalue weighted by Crippen LogP contribution is 2.12. The molecule has 1 saturated heterocycles. The van der Waals surface area contributed by atoms with Gasteiger partial charge in [0.1, 0.15) is 0 Å². The van der Waals surface area contributed by atoms with Crippen LogP contribution in [0.4, 0.5) is 0 Å². The number of nitrogens with zero attached hydrogens (tertiary/aromatic N) is 1. The predicted molar refractivity (Wildman–Crippen MR) is 68.8 cm³/mol. The first-order valence-corrected chi connectivity index (χ1v) is 6.79. The molecule has 0 aromatic carbocycles. The lowest BCUT2D eigenvalue weighted by molar-refractivity contribution is 0.0813. The Morgan fingerprint density at radius 1 is 1.38 bits per heavy atom. The number of ether oxygens (including phenoxy) is 1. The number of likely N-dealkylation sites (N-methyl/N-ethyl adjacent to an activating group) is 1. The van der Waals surface area contributed by atoms with Crippen molar-refractivity contribution >= 4 is 0 Å². The fourth-order valence-corrected chi connectivity index (χ4v) is 2.26. The van der Waals surface area contributed by atoms with Gasteiger partial charge in [0.2, 0.25) is 0 Å². The highest BCUT2D eigenvalue weighted by Gasteiger charge is 2.16. The van der Waals surface area contributed by atoms with Gasteiger partial charge in [-0.2, -0.15) is 0 Å². The zero-order valence-electron chi connectivity index (χ0n) is 11.2. The third-order valence-electron chi connectivity index (χ3n) is 3.45. The van der Waals surface area contributed by atoms with Crippen molar-refractivity contribution in [3.63, 3.8) is 0 Å². The van der Waals surface area contributed by atoms with E-state index in [1.165, 1.54) is 25.7 Å². The van der Waals surface area contributed by atoms with Crippen LogP contribution in [0, 0.1) is 0 Å². The molecule has 0 amide bonds. The fraction of sp³-hybridized carbons (Fsp3) is 1.00. The van der Waals surface area contributed by atoms with Crippen LogP contribution in [-0.2, 0) is 4.74 Å². The third kappa shape index (κ3) is 5.28. The molecule has 1 N–H and O–H groups in total. The molecule has 1 aliphatic heterocycles. The molecule has 3 nitrogen and oxygen atoms in total. The molecule has 0 saturated carbocycles. The van der Waals surface area contributed by atoms with Crippen LogP contribution >= 0.6 is 0 Å². The lowest BCUT2D eigenvalue weighted by Crippen LogP contribution is -2.37. The largest absolute Gasteiger partial charge is 0.377 e. The van der Waals surface area contributed by atoms with Crippen molar-refractivity contribution in [1.29, 1.82) is 0 Å². The molecule has 96 valence electrons. The van der Waals surface area contributed by atoms with E-state index >= 15 is 0 Å². The molecule has 1 rings (SSSR count). The average Bonchev–Trinajstić information content (AvgIpc) is 2.77. The van der Waals surface area contributed by atoms with Crippen molar-refractivity contribution in [2.75, 3.05) is 33.3 Å². The molecule has 0 bridgehead atoms. The van der Waals surface area contributed by atoms with Crippen molar-refractivity contribution in [1.82, 2.24) is 10.2 Å². The van der Waals surface area contributed by atoms with Crippen LogP contribution in [0.15, 0.2) is 0 Å². The van der Waals surface area contributed by atoms with Crippen molar-refractivity contribution in [2.45, 2.75) is 51.7 Å². The highest BCUT2D eigenvalue weighted by molar-refractivity contribution is 4.70. The van der Waals surface area contributed by atoms with Gasteiger partial charge in [-0.05, 0) is 32.7 Å². The van der Waals surface area contributed by atoms with E-state index < -0.39 is 0 Å². The maximum Gasteiger partial charge on any atom is 0.0702 e. The third-order valence-corrected chi connectivity index (χ3v) is 3.45. The van der Waals surface area contributed by atoms with Crippen molar-refractivity contribution < 1.29 is 4.74 Å². The Morgan fingerprint density at radius 2 is 2.12 bits per heavy atom.